The molecule has 0 radical (unpaired) electrons. The van der Waals surface area contributed by atoms with Gasteiger partial charge in [0, 0.05) is 17.9 Å². The summed E-state index contributed by atoms with van der Waals surface area (Å²) in [5.41, 5.74) is 0. The van der Waals surface area contributed by atoms with Gasteiger partial charge in [-0.05, 0) is 6.42 Å². The molecular weight excluding hydrogens is 196 g/mol. The van der Waals surface area contributed by atoms with Gasteiger partial charge in [0.15, 0.2) is 0 Å². The molecule has 1 rings (SSSR count). The summed E-state index contributed by atoms with van der Waals surface area (Å²) in [7, 11) is 0. The minimum atomic E-state index is -0.387. The molecule has 0 aromatic heterocycles. The van der Waals surface area contributed by atoms with Crippen molar-refractivity contribution in [2.75, 3.05) is 11.5 Å². The minimum Gasteiger partial charge on any atom is -0.392 e. The number of Topliss-reactive ketones (excluding diaryl/α,β-unsaturated/α-hetero) is 1. The zero-order valence-corrected chi connectivity index (χ0v) is 9.68. The summed E-state index contributed by atoms with van der Waals surface area (Å²) in [5.74, 6) is 1.96. The van der Waals surface area contributed by atoms with Crippen molar-refractivity contribution in [3.05, 3.63) is 0 Å². The van der Waals surface area contributed by atoms with E-state index in [2.05, 4.69) is 6.92 Å². The number of rotatable bonds is 5. The summed E-state index contributed by atoms with van der Waals surface area (Å²) in [6.45, 7) is 2.15. The maximum absolute atomic E-state index is 11.5. The predicted molar refractivity (Wildman–Crippen MR) is 60.6 cm³/mol. The first-order valence-electron chi connectivity index (χ1n) is 5.54. The molecule has 1 heterocycles. The molecule has 0 spiro atoms. The van der Waals surface area contributed by atoms with Gasteiger partial charge in [-0.2, -0.15) is 11.8 Å². The van der Waals surface area contributed by atoms with Gasteiger partial charge in [-0.3, -0.25) is 4.79 Å². The highest BCUT2D eigenvalue weighted by Gasteiger charge is 2.28. The van der Waals surface area contributed by atoms with E-state index in [0.29, 0.717) is 6.42 Å². The molecule has 1 N–H and O–H groups in total. The molecule has 0 bridgehead atoms. The third kappa shape index (κ3) is 3.62. The Balaban J connectivity index is 2.27. The van der Waals surface area contributed by atoms with Crippen LogP contribution in [-0.4, -0.2) is 28.5 Å². The molecule has 0 saturated carbocycles. The highest BCUT2D eigenvalue weighted by molar-refractivity contribution is 7.99. The lowest BCUT2D eigenvalue weighted by Crippen LogP contribution is -2.33. The zero-order chi connectivity index (χ0) is 10.4. The van der Waals surface area contributed by atoms with Crippen LogP contribution < -0.4 is 0 Å². The van der Waals surface area contributed by atoms with E-state index in [4.69, 9.17) is 0 Å². The molecule has 0 aromatic rings. The number of carbonyl (C=O) groups excluding carboxylic acids is 1. The maximum atomic E-state index is 11.5. The summed E-state index contributed by atoms with van der Waals surface area (Å²) < 4.78 is 0. The Morgan fingerprint density at radius 3 is 3.00 bits per heavy atom. The first kappa shape index (κ1) is 12.1. The Morgan fingerprint density at radius 2 is 2.36 bits per heavy atom. The molecule has 3 heteroatoms. The van der Waals surface area contributed by atoms with Crippen LogP contribution in [0, 0.1) is 5.92 Å². The van der Waals surface area contributed by atoms with Crippen molar-refractivity contribution >= 4 is 17.5 Å². The quantitative estimate of drug-likeness (QED) is 0.716. The molecule has 1 aliphatic rings. The summed E-state index contributed by atoms with van der Waals surface area (Å²) >= 11 is 1.79. The number of hydrogen-bond acceptors (Lipinski definition) is 3. The monoisotopic (exact) mass is 216 g/mol. The molecule has 14 heavy (non-hydrogen) atoms. The van der Waals surface area contributed by atoms with E-state index in [9.17, 15) is 9.90 Å². The number of unbranched alkanes of at least 4 members (excludes halogenated alkanes) is 2. The zero-order valence-electron chi connectivity index (χ0n) is 8.87. The second-order valence-electron chi connectivity index (χ2n) is 3.96. The summed E-state index contributed by atoms with van der Waals surface area (Å²) in [4.78, 5) is 11.5. The third-order valence-electron chi connectivity index (χ3n) is 2.77. The highest BCUT2D eigenvalue weighted by atomic mass is 32.2. The minimum absolute atomic E-state index is 0.0781. The largest absolute Gasteiger partial charge is 0.392 e. The number of hydrogen-bond donors (Lipinski definition) is 1. The number of carbonyl (C=O) groups is 1. The van der Waals surface area contributed by atoms with Crippen molar-refractivity contribution in [3.63, 3.8) is 0 Å². The van der Waals surface area contributed by atoms with Gasteiger partial charge < -0.3 is 5.11 Å². The molecule has 1 saturated heterocycles. The van der Waals surface area contributed by atoms with Crippen LogP contribution in [0.3, 0.4) is 0 Å². The van der Waals surface area contributed by atoms with E-state index in [1.165, 1.54) is 6.42 Å². The van der Waals surface area contributed by atoms with Crippen molar-refractivity contribution in [2.24, 2.45) is 5.92 Å². The summed E-state index contributed by atoms with van der Waals surface area (Å²) in [5, 5.41) is 9.84. The maximum Gasteiger partial charge on any atom is 0.140 e. The van der Waals surface area contributed by atoms with Gasteiger partial charge in [0.2, 0.25) is 0 Å². The predicted octanol–water partition coefficient (Wildman–Crippen LogP) is 2.25. The van der Waals surface area contributed by atoms with Crippen LogP contribution in [0.4, 0.5) is 0 Å². The molecule has 1 fully saturated rings. The number of ketones is 1. The van der Waals surface area contributed by atoms with E-state index in [-0.39, 0.29) is 17.8 Å². The first-order chi connectivity index (χ1) is 6.75. The van der Waals surface area contributed by atoms with Crippen LogP contribution in [0.2, 0.25) is 0 Å². The fourth-order valence-electron chi connectivity index (χ4n) is 1.79. The Bertz CT molecular complexity index is 182. The lowest BCUT2D eigenvalue weighted by molar-refractivity contribution is -0.125. The molecule has 0 aliphatic carbocycles. The average molecular weight is 216 g/mol. The van der Waals surface area contributed by atoms with Crippen LogP contribution in [0.15, 0.2) is 0 Å². The molecule has 0 unspecified atom stereocenters. The number of aliphatic hydroxyl groups is 1. The second-order valence-corrected chi connectivity index (χ2v) is 5.11. The molecule has 2 nitrogen and oxygen atoms in total. The van der Waals surface area contributed by atoms with Gasteiger partial charge in [0.1, 0.15) is 5.78 Å². The summed E-state index contributed by atoms with van der Waals surface area (Å²) in [6, 6.07) is 0. The molecule has 0 amide bonds. The number of thioether (sulfide) groups is 1. The fourth-order valence-corrected chi connectivity index (χ4v) is 2.97. The van der Waals surface area contributed by atoms with Crippen molar-refractivity contribution < 1.29 is 9.90 Å². The van der Waals surface area contributed by atoms with E-state index in [1.807, 2.05) is 0 Å². The lowest BCUT2D eigenvalue weighted by Gasteiger charge is -2.24. The molecule has 2 atom stereocenters. The fraction of sp³-hybridized carbons (Fsp3) is 0.909. The lowest BCUT2D eigenvalue weighted by atomic mass is 9.93. The third-order valence-corrected chi connectivity index (χ3v) is 3.86. The Kier molecular flexibility index (Phi) is 5.56. The van der Waals surface area contributed by atoms with Gasteiger partial charge in [0.25, 0.3) is 0 Å². The molecular formula is C11H20O2S. The molecule has 82 valence electrons. The Morgan fingerprint density at radius 1 is 1.57 bits per heavy atom. The van der Waals surface area contributed by atoms with Gasteiger partial charge >= 0.3 is 0 Å². The standard InChI is InChI=1S/C11H20O2S/c1-2-3-4-5-10(12)9-8-14-7-6-11(9)13/h9-10,12H,2-8H2,1H3/t9-,10-/m0/s1. The van der Waals surface area contributed by atoms with E-state index >= 15 is 0 Å². The second kappa shape index (κ2) is 6.46. The molecule has 0 aromatic carbocycles. The Labute approximate surface area is 90.5 Å². The van der Waals surface area contributed by atoms with Crippen LogP contribution in [0.25, 0.3) is 0 Å². The van der Waals surface area contributed by atoms with E-state index in [0.717, 1.165) is 30.8 Å². The summed E-state index contributed by atoms with van der Waals surface area (Å²) in [6.07, 6.45) is 4.43. The van der Waals surface area contributed by atoms with Gasteiger partial charge in [0.05, 0.1) is 12.0 Å². The van der Waals surface area contributed by atoms with E-state index < -0.39 is 0 Å². The normalized spacial score (nSPS) is 25.0. The van der Waals surface area contributed by atoms with Crippen molar-refractivity contribution in [1.82, 2.24) is 0 Å². The van der Waals surface area contributed by atoms with Crippen molar-refractivity contribution in [1.29, 1.82) is 0 Å². The first-order valence-corrected chi connectivity index (χ1v) is 6.69. The number of aliphatic hydroxyl groups excluding tert-OH is 1. The van der Waals surface area contributed by atoms with Crippen LogP contribution in [0.1, 0.15) is 39.0 Å². The SMILES string of the molecule is CCCCC[C@H](O)[C@@H]1CSCCC1=O. The average Bonchev–Trinajstić information content (AvgIpc) is 2.18. The van der Waals surface area contributed by atoms with E-state index in [1.54, 1.807) is 11.8 Å². The van der Waals surface area contributed by atoms with Gasteiger partial charge in [-0.25, -0.2) is 0 Å². The van der Waals surface area contributed by atoms with Crippen molar-refractivity contribution in [3.8, 4) is 0 Å². The van der Waals surface area contributed by atoms with Gasteiger partial charge in [-0.1, -0.05) is 26.2 Å². The topological polar surface area (TPSA) is 37.3 Å². The Hall–Kier alpha value is -0.0200. The van der Waals surface area contributed by atoms with Crippen LogP contribution in [0.5, 0.6) is 0 Å². The smallest absolute Gasteiger partial charge is 0.140 e. The van der Waals surface area contributed by atoms with Crippen LogP contribution >= 0.6 is 11.8 Å². The molecule has 1 aliphatic heterocycles. The highest BCUT2D eigenvalue weighted by Crippen LogP contribution is 2.24. The van der Waals surface area contributed by atoms with Crippen molar-refractivity contribution in [2.45, 2.75) is 45.1 Å². The van der Waals surface area contributed by atoms with Gasteiger partial charge in [-0.15, -0.1) is 0 Å². The van der Waals surface area contributed by atoms with Crippen LogP contribution in [-0.2, 0) is 4.79 Å².